The van der Waals surface area contributed by atoms with E-state index in [0.29, 0.717) is 5.02 Å². The fourth-order valence-electron chi connectivity index (χ4n) is 4.52. The van der Waals surface area contributed by atoms with Crippen molar-refractivity contribution < 1.29 is 5.11 Å². The summed E-state index contributed by atoms with van der Waals surface area (Å²) in [4.78, 5) is 7.08. The number of rotatable bonds is 3. The summed E-state index contributed by atoms with van der Waals surface area (Å²) in [5, 5.41) is 12.8. The lowest BCUT2D eigenvalue weighted by molar-refractivity contribution is 0.475. The summed E-state index contributed by atoms with van der Waals surface area (Å²) in [5.74, 6) is 0.0702. The first-order valence-electron chi connectivity index (χ1n) is 9.67. The Bertz CT molecular complexity index is 1280. The molecule has 0 bridgehead atoms. The lowest BCUT2D eigenvalue weighted by atomic mass is 9.82. The Balaban J connectivity index is 1.88. The van der Waals surface area contributed by atoms with Crippen molar-refractivity contribution in [1.29, 1.82) is 0 Å². The first kappa shape index (κ1) is 17.9. The predicted octanol–water partition coefficient (Wildman–Crippen LogP) is 6.81. The summed E-state index contributed by atoms with van der Waals surface area (Å²) < 4.78 is 0. The van der Waals surface area contributed by atoms with Crippen LogP contribution in [-0.4, -0.2) is 15.1 Å². The van der Waals surface area contributed by atoms with Gasteiger partial charge in [0.25, 0.3) is 0 Å². The van der Waals surface area contributed by atoms with E-state index in [1.165, 1.54) is 21.9 Å². The molecule has 0 saturated heterocycles. The Labute approximate surface area is 174 Å². The number of benzene rings is 3. The summed E-state index contributed by atoms with van der Waals surface area (Å²) in [5.41, 5.74) is 8.01. The maximum atomic E-state index is 10.00. The number of hydrogen-bond acceptors (Lipinski definition) is 1. The molecule has 0 spiro atoms. The summed E-state index contributed by atoms with van der Waals surface area (Å²) >= 11 is 6.33. The van der Waals surface area contributed by atoms with Crippen molar-refractivity contribution in [2.24, 2.45) is 0 Å². The van der Waals surface area contributed by atoms with Crippen LogP contribution in [0.25, 0.3) is 21.8 Å². The number of H-pyrrole nitrogens is 2. The van der Waals surface area contributed by atoms with Crippen molar-refractivity contribution in [3.8, 4) is 5.75 Å². The molecule has 0 radical (unpaired) electrons. The van der Waals surface area contributed by atoms with Crippen LogP contribution in [0.2, 0.25) is 5.02 Å². The van der Waals surface area contributed by atoms with Crippen LogP contribution in [-0.2, 0) is 0 Å². The Hall–Kier alpha value is -3.17. The molecule has 29 heavy (non-hydrogen) atoms. The Kier molecular flexibility index (Phi) is 4.14. The zero-order valence-electron chi connectivity index (χ0n) is 16.3. The minimum absolute atomic E-state index is 0.0274. The van der Waals surface area contributed by atoms with E-state index in [4.69, 9.17) is 11.6 Å². The number of hydrogen-bond donors (Lipinski definition) is 3. The third kappa shape index (κ3) is 2.81. The molecule has 0 aliphatic rings. The Morgan fingerprint density at radius 2 is 1.28 bits per heavy atom. The topological polar surface area (TPSA) is 51.8 Å². The molecule has 3 aromatic carbocycles. The highest BCUT2D eigenvalue weighted by Crippen LogP contribution is 2.43. The van der Waals surface area contributed by atoms with Crippen LogP contribution in [0.3, 0.4) is 0 Å². The number of phenolic OH excluding ortho intramolecular Hbond substituents is 1. The lowest BCUT2D eigenvalue weighted by Crippen LogP contribution is -2.06. The minimum Gasteiger partial charge on any atom is -0.506 e. The number of fused-ring (bicyclic) bond motifs is 2. The summed E-state index contributed by atoms with van der Waals surface area (Å²) in [7, 11) is 0. The van der Waals surface area contributed by atoms with Gasteiger partial charge in [-0.2, -0.15) is 0 Å². The maximum Gasteiger partial charge on any atom is 0.134 e. The van der Waals surface area contributed by atoms with Gasteiger partial charge in [0.1, 0.15) is 5.75 Å². The van der Waals surface area contributed by atoms with Gasteiger partial charge in [-0.15, -0.1) is 0 Å². The van der Waals surface area contributed by atoms with E-state index in [1.807, 2.05) is 24.3 Å². The molecule has 3 N–H and O–H groups in total. The maximum absolute atomic E-state index is 10.00. The molecule has 0 aliphatic heterocycles. The smallest absolute Gasteiger partial charge is 0.134 e. The van der Waals surface area contributed by atoms with Crippen molar-refractivity contribution in [1.82, 2.24) is 9.97 Å². The van der Waals surface area contributed by atoms with Gasteiger partial charge in [0.05, 0.1) is 5.02 Å². The molecule has 0 amide bonds. The molecule has 144 valence electrons. The largest absolute Gasteiger partial charge is 0.506 e. The van der Waals surface area contributed by atoms with Crippen molar-refractivity contribution in [2.75, 3.05) is 0 Å². The first-order chi connectivity index (χ1) is 14.0. The molecular weight excluding hydrogens is 380 g/mol. The van der Waals surface area contributed by atoms with Gasteiger partial charge in [-0.1, -0.05) is 54.1 Å². The number of para-hydroxylation sites is 2. The second-order valence-corrected chi connectivity index (χ2v) is 7.97. The van der Waals surface area contributed by atoms with Crippen molar-refractivity contribution in [3.63, 3.8) is 0 Å². The average Bonchev–Trinajstić information content (AvgIpc) is 3.22. The van der Waals surface area contributed by atoms with Crippen LogP contribution in [0, 0.1) is 13.8 Å². The van der Waals surface area contributed by atoms with Crippen LogP contribution in [0.15, 0.2) is 66.7 Å². The van der Waals surface area contributed by atoms with Gasteiger partial charge in [0, 0.05) is 39.1 Å². The van der Waals surface area contributed by atoms with Crippen LogP contribution < -0.4 is 0 Å². The van der Waals surface area contributed by atoms with Gasteiger partial charge in [-0.05, 0) is 54.8 Å². The number of halogens is 1. The zero-order valence-corrected chi connectivity index (χ0v) is 17.0. The molecule has 0 unspecified atom stereocenters. The highest BCUT2D eigenvalue weighted by Gasteiger charge is 2.27. The van der Waals surface area contributed by atoms with Gasteiger partial charge < -0.3 is 15.1 Å². The molecule has 2 aromatic heterocycles. The summed E-state index contributed by atoms with van der Waals surface area (Å²) in [6.07, 6.45) is 0. The van der Waals surface area contributed by atoms with Gasteiger partial charge in [0.15, 0.2) is 0 Å². The highest BCUT2D eigenvalue weighted by atomic mass is 35.5. The number of aromatic nitrogens is 2. The lowest BCUT2D eigenvalue weighted by Gasteiger charge is -2.20. The molecule has 5 rings (SSSR count). The normalized spacial score (nSPS) is 11.7. The number of aromatic hydroxyl groups is 1. The molecule has 4 heteroatoms. The molecule has 0 aliphatic carbocycles. The van der Waals surface area contributed by atoms with E-state index < -0.39 is 0 Å². The second-order valence-electron chi connectivity index (χ2n) is 7.56. The highest BCUT2D eigenvalue weighted by molar-refractivity contribution is 6.32. The number of aryl methyl sites for hydroxylation is 2. The van der Waals surface area contributed by atoms with Gasteiger partial charge >= 0.3 is 0 Å². The van der Waals surface area contributed by atoms with Gasteiger partial charge in [-0.3, -0.25) is 0 Å². The third-order valence-electron chi connectivity index (χ3n) is 5.77. The van der Waals surface area contributed by atoms with Gasteiger partial charge in [-0.25, -0.2) is 0 Å². The number of phenols is 1. The van der Waals surface area contributed by atoms with Crippen LogP contribution in [0.1, 0.15) is 34.0 Å². The van der Waals surface area contributed by atoms with Crippen LogP contribution in [0.5, 0.6) is 5.75 Å². The SMILES string of the molecule is Cc1[nH]c2ccccc2c1C(c1ccc(O)c(Cl)c1)c1c(C)[nH]c2ccccc12. The predicted molar refractivity (Wildman–Crippen MR) is 120 cm³/mol. The number of aromatic amines is 2. The minimum atomic E-state index is -0.0274. The van der Waals surface area contributed by atoms with E-state index in [9.17, 15) is 5.11 Å². The average molecular weight is 401 g/mol. The third-order valence-corrected chi connectivity index (χ3v) is 6.07. The van der Waals surface area contributed by atoms with Gasteiger partial charge in [0.2, 0.25) is 0 Å². The molecular formula is C25H21ClN2O. The van der Waals surface area contributed by atoms with E-state index in [1.54, 1.807) is 6.07 Å². The van der Waals surface area contributed by atoms with Crippen LogP contribution in [0.4, 0.5) is 0 Å². The monoisotopic (exact) mass is 400 g/mol. The fourth-order valence-corrected chi connectivity index (χ4v) is 4.71. The van der Waals surface area contributed by atoms with Crippen LogP contribution >= 0.6 is 11.6 Å². The second kappa shape index (κ2) is 6.71. The fraction of sp³-hybridized carbons (Fsp3) is 0.120. The van der Waals surface area contributed by atoms with E-state index in [-0.39, 0.29) is 11.7 Å². The molecule has 0 saturated carbocycles. The molecule has 0 atom stereocenters. The molecule has 0 fully saturated rings. The quantitative estimate of drug-likeness (QED) is 0.306. The van der Waals surface area contributed by atoms with E-state index in [2.05, 4.69) is 60.2 Å². The molecule has 5 aromatic rings. The van der Waals surface area contributed by atoms with E-state index >= 15 is 0 Å². The Morgan fingerprint density at radius 1 is 0.759 bits per heavy atom. The zero-order chi connectivity index (χ0) is 20.1. The van der Waals surface area contributed by atoms with E-state index in [0.717, 1.165) is 28.0 Å². The summed E-state index contributed by atoms with van der Waals surface area (Å²) in [6, 6.07) is 22.3. The molecule has 3 nitrogen and oxygen atoms in total. The summed E-state index contributed by atoms with van der Waals surface area (Å²) in [6.45, 7) is 4.24. The first-order valence-corrected chi connectivity index (χ1v) is 10.0. The van der Waals surface area contributed by atoms with Crippen molar-refractivity contribution in [2.45, 2.75) is 19.8 Å². The van der Waals surface area contributed by atoms with Crippen molar-refractivity contribution in [3.05, 3.63) is 99.8 Å². The number of nitrogens with one attached hydrogen (secondary N) is 2. The van der Waals surface area contributed by atoms with Crippen molar-refractivity contribution >= 4 is 33.4 Å². The standard InChI is InChI=1S/C25H21ClN2O/c1-14-23(17-7-3-5-9-20(17)27-14)25(16-11-12-22(29)19(26)13-16)24-15(2)28-21-10-6-4-8-18(21)24/h3-13,25,27-29H,1-2H3. The Morgan fingerprint density at radius 3 is 1.79 bits per heavy atom. The molecule has 2 heterocycles.